The maximum Gasteiger partial charge on any atom is 0.199 e. The van der Waals surface area contributed by atoms with E-state index in [-0.39, 0.29) is 0 Å². The van der Waals surface area contributed by atoms with Gasteiger partial charge in [0.2, 0.25) is 0 Å². The molecule has 4 heteroatoms. The number of hydrogen-bond donors (Lipinski definition) is 2. The van der Waals surface area contributed by atoms with Gasteiger partial charge in [-0.2, -0.15) is 0 Å². The molecule has 4 rings (SSSR count). The minimum absolute atomic E-state index is 0.327. The van der Waals surface area contributed by atoms with E-state index < -0.39 is 0 Å². The molecule has 142 valence electrons. The molecule has 0 amide bonds. The van der Waals surface area contributed by atoms with Crippen molar-refractivity contribution in [3.8, 4) is 5.75 Å². The van der Waals surface area contributed by atoms with E-state index in [4.69, 9.17) is 10.1 Å². The Bertz CT molecular complexity index is 1040. The van der Waals surface area contributed by atoms with Crippen LogP contribution < -0.4 is 15.0 Å². The van der Waals surface area contributed by atoms with E-state index in [1.54, 1.807) is 0 Å². The van der Waals surface area contributed by atoms with Crippen molar-refractivity contribution in [3.63, 3.8) is 0 Å². The molecule has 3 aromatic carbocycles. The van der Waals surface area contributed by atoms with Crippen molar-refractivity contribution in [3.05, 3.63) is 65.7 Å². The highest BCUT2D eigenvalue weighted by Gasteiger charge is 2.17. The molecule has 4 nitrogen and oxygen atoms in total. The third kappa shape index (κ3) is 3.46. The van der Waals surface area contributed by atoms with Crippen LogP contribution in [0.3, 0.4) is 0 Å². The quantitative estimate of drug-likeness (QED) is 0.249. The number of nitrogens with zero attached hydrogens (tertiary/aromatic N) is 1. The highest BCUT2D eigenvalue weighted by Crippen LogP contribution is 2.37. The summed E-state index contributed by atoms with van der Waals surface area (Å²) in [5.41, 5.74) is 4.29. The predicted molar refractivity (Wildman–Crippen MR) is 119 cm³/mol. The molecule has 0 saturated heterocycles. The average molecular weight is 371 g/mol. The SMILES string of the molecule is CCCCOc1ccc(NC(=N)N(C)c2ccc3cccc4c3c2C=C4)cc1. The van der Waals surface area contributed by atoms with Gasteiger partial charge in [-0.15, -0.1) is 0 Å². The standard InChI is InChI=1S/C24H25N3O/c1-3-4-16-28-20-12-10-19(11-13-20)26-24(25)27(2)22-15-9-18-7-5-6-17-8-14-21(22)23(17)18/h5-15H,3-4,16H2,1-2H3,(H2,25,26). The van der Waals surface area contributed by atoms with Crippen LogP contribution in [-0.2, 0) is 0 Å². The van der Waals surface area contributed by atoms with Gasteiger partial charge >= 0.3 is 0 Å². The molecule has 1 aliphatic carbocycles. The van der Waals surface area contributed by atoms with Crippen LogP contribution in [0.15, 0.2) is 54.6 Å². The molecule has 1 aliphatic rings. The molecule has 0 aromatic heterocycles. The molecule has 0 saturated carbocycles. The van der Waals surface area contributed by atoms with E-state index in [9.17, 15) is 0 Å². The highest BCUT2D eigenvalue weighted by atomic mass is 16.5. The lowest BCUT2D eigenvalue weighted by Crippen LogP contribution is -2.32. The Morgan fingerprint density at radius 1 is 1.04 bits per heavy atom. The fourth-order valence-electron chi connectivity index (χ4n) is 3.51. The Kier molecular flexibility index (Phi) is 5.02. The van der Waals surface area contributed by atoms with Crippen molar-refractivity contribution >= 4 is 40.3 Å². The van der Waals surface area contributed by atoms with Crippen molar-refractivity contribution in [2.45, 2.75) is 19.8 Å². The van der Waals surface area contributed by atoms with Crippen molar-refractivity contribution in [1.82, 2.24) is 0 Å². The molecule has 0 unspecified atom stereocenters. The van der Waals surface area contributed by atoms with Crippen LogP contribution in [0.1, 0.15) is 30.9 Å². The van der Waals surface area contributed by atoms with Crippen molar-refractivity contribution in [1.29, 1.82) is 5.41 Å². The fourth-order valence-corrected chi connectivity index (χ4v) is 3.51. The van der Waals surface area contributed by atoms with Gasteiger partial charge in [0.25, 0.3) is 0 Å². The largest absolute Gasteiger partial charge is 0.494 e. The Morgan fingerprint density at radius 3 is 2.64 bits per heavy atom. The summed E-state index contributed by atoms with van der Waals surface area (Å²) in [5, 5.41) is 14.2. The Morgan fingerprint density at radius 2 is 1.86 bits per heavy atom. The minimum atomic E-state index is 0.327. The van der Waals surface area contributed by atoms with Crippen molar-refractivity contribution in [2.24, 2.45) is 0 Å². The number of hydrogen-bond acceptors (Lipinski definition) is 2. The molecule has 0 bridgehead atoms. The zero-order valence-electron chi connectivity index (χ0n) is 16.3. The smallest absolute Gasteiger partial charge is 0.199 e. The normalized spacial score (nSPS) is 11.6. The molecule has 28 heavy (non-hydrogen) atoms. The lowest BCUT2D eigenvalue weighted by Gasteiger charge is -2.23. The number of rotatable bonds is 6. The summed E-state index contributed by atoms with van der Waals surface area (Å²) in [4.78, 5) is 1.88. The van der Waals surface area contributed by atoms with E-state index in [1.807, 2.05) is 36.2 Å². The van der Waals surface area contributed by atoms with Gasteiger partial charge in [-0.05, 0) is 53.1 Å². The monoisotopic (exact) mass is 371 g/mol. The van der Waals surface area contributed by atoms with E-state index in [0.717, 1.165) is 36.6 Å². The minimum Gasteiger partial charge on any atom is -0.494 e. The van der Waals surface area contributed by atoms with Crippen LogP contribution in [0, 0.1) is 5.41 Å². The van der Waals surface area contributed by atoms with Gasteiger partial charge in [0.1, 0.15) is 5.75 Å². The summed E-state index contributed by atoms with van der Waals surface area (Å²) in [7, 11) is 1.92. The summed E-state index contributed by atoms with van der Waals surface area (Å²) in [6.45, 7) is 2.89. The van der Waals surface area contributed by atoms with Crippen LogP contribution in [0.4, 0.5) is 11.4 Å². The van der Waals surface area contributed by atoms with Crippen LogP contribution in [-0.4, -0.2) is 19.6 Å². The molecule has 0 atom stereocenters. The molecule has 0 fully saturated rings. The Balaban J connectivity index is 1.49. The first kappa shape index (κ1) is 18.1. The fraction of sp³-hybridized carbons (Fsp3) is 0.208. The van der Waals surface area contributed by atoms with Crippen LogP contribution >= 0.6 is 0 Å². The van der Waals surface area contributed by atoms with Gasteiger partial charge in [0, 0.05) is 18.3 Å². The number of anilines is 2. The number of ether oxygens (including phenoxy) is 1. The zero-order valence-corrected chi connectivity index (χ0v) is 16.3. The van der Waals surface area contributed by atoms with Gasteiger partial charge < -0.3 is 15.0 Å². The van der Waals surface area contributed by atoms with E-state index in [2.05, 4.69) is 54.7 Å². The maximum atomic E-state index is 8.52. The first-order valence-corrected chi connectivity index (χ1v) is 9.73. The second-order valence-electron chi connectivity index (χ2n) is 7.04. The highest BCUT2D eigenvalue weighted by molar-refractivity contribution is 6.12. The zero-order chi connectivity index (χ0) is 19.5. The van der Waals surface area contributed by atoms with Gasteiger partial charge in [0.05, 0.1) is 12.3 Å². The second kappa shape index (κ2) is 7.77. The Hall–Kier alpha value is -3.27. The van der Waals surface area contributed by atoms with Gasteiger partial charge in [-0.3, -0.25) is 5.41 Å². The van der Waals surface area contributed by atoms with Crippen LogP contribution in [0.5, 0.6) is 5.75 Å². The average Bonchev–Trinajstić information content (AvgIpc) is 3.15. The topological polar surface area (TPSA) is 48.4 Å². The van der Waals surface area contributed by atoms with E-state index in [1.165, 1.54) is 21.9 Å². The first-order chi connectivity index (χ1) is 13.7. The number of nitrogens with one attached hydrogen (secondary N) is 2. The summed E-state index contributed by atoms with van der Waals surface area (Å²) < 4.78 is 5.70. The Labute approximate surface area is 166 Å². The van der Waals surface area contributed by atoms with E-state index >= 15 is 0 Å². The molecule has 0 spiro atoms. The van der Waals surface area contributed by atoms with Crippen LogP contribution in [0.25, 0.3) is 22.9 Å². The summed E-state index contributed by atoms with van der Waals surface area (Å²) >= 11 is 0. The molecule has 2 N–H and O–H groups in total. The molecule has 0 heterocycles. The predicted octanol–water partition coefficient (Wildman–Crippen LogP) is 5.99. The van der Waals surface area contributed by atoms with Gasteiger partial charge in [0.15, 0.2) is 5.96 Å². The summed E-state index contributed by atoms with van der Waals surface area (Å²) in [5.74, 6) is 1.19. The third-order valence-corrected chi connectivity index (χ3v) is 5.10. The molecule has 0 aliphatic heterocycles. The lowest BCUT2D eigenvalue weighted by atomic mass is 10.0. The lowest BCUT2D eigenvalue weighted by molar-refractivity contribution is 0.309. The molecular formula is C24H25N3O. The third-order valence-electron chi connectivity index (χ3n) is 5.10. The van der Waals surface area contributed by atoms with Crippen molar-refractivity contribution in [2.75, 3.05) is 23.9 Å². The number of benzene rings is 3. The summed E-state index contributed by atoms with van der Waals surface area (Å²) in [6, 6.07) is 18.3. The summed E-state index contributed by atoms with van der Waals surface area (Å²) in [6.07, 6.45) is 6.46. The molecule has 3 aromatic rings. The van der Waals surface area contributed by atoms with Gasteiger partial charge in [-0.25, -0.2) is 0 Å². The van der Waals surface area contributed by atoms with Gasteiger partial charge in [-0.1, -0.05) is 49.8 Å². The second-order valence-corrected chi connectivity index (χ2v) is 7.04. The number of unbranched alkanes of at least 4 members (excludes halogenated alkanes) is 1. The maximum absolute atomic E-state index is 8.52. The molecular weight excluding hydrogens is 346 g/mol. The first-order valence-electron chi connectivity index (χ1n) is 9.73. The van der Waals surface area contributed by atoms with Crippen molar-refractivity contribution < 1.29 is 4.74 Å². The molecule has 0 radical (unpaired) electrons. The number of guanidine groups is 1. The van der Waals surface area contributed by atoms with E-state index in [0.29, 0.717) is 5.96 Å². The van der Waals surface area contributed by atoms with Crippen LogP contribution in [0.2, 0.25) is 0 Å².